The second-order valence-corrected chi connectivity index (χ2v) is 6.34. The molecule has 0 spiro atoms. The second kappa shape index (κ2) is 9.51. The van der Waals surface area contributed by atoms with Gasteiger partial charge in [-0.2, -0.15) is 0 Å². The van der Waals surface area contributed by atoms with E-state index in [-0.39, 0.29) is 23.9 Å². The number of nitro groups is 1. The molecule has 0 saturated heterocycles. The second-order valence-electron chi connectivity index (χ2n) is 6.34. The standard InChI is InChI=1S/C17H24N4O6/c1-9(2)15(19-10(3)22)17(24)20-13(16(18)23)8-11-7-12(21(25)26)5-6-14(11)27-4/h5-7,9,13,15H,8H2,1-4H3,(H2,18,23)(H,19,22)(H,20,24)/t13-,15+/m0/s1. The van der Waals surface area contributed by atoms with Crippen molar-refractivity contribution >= 4 is 23.4 Å². The van der Waals surface area contributed by atoms with Gasteiger partial charge in [0, 0.05) is 31.0 Å². The number of hydrogen-bond donors (Lipinski definition) is 3. The van der Waals surface area contributed by atoms with Gasteiger partial charge in [0.2, 0.25) is 17.7 Å². The summed E-state index contributed by atoms with van der Waals surface area (Å²) in [5, 5.41) is 16.0. The van der Waals surface area contributed by atoms with Gasteiger partial charge < -0.3 is 21.1 Å². The van der Waals surface area contributed by atoms with Crippen molar-refractivity contribution in [1.29, 1.82) is 0 Å². The Morgan fingerprint density at radius 3 is 2.33 bits per heavy atom. The molecular formula is C17H24N4O6. The molecule has 0 fully saturated rings. The number of nitrogens with zero attached hydrogens (tertiary/aromatic N) is 1. The Morgan fingerprint density at radius 2 is 1.89 bits per heavy atom. The van der Waals surface area contributed by atoms with E-state index in [2.05, 4.69) is 10.6 Å². The maximum Gasteiger partial charge on any atom is 0.269 e. The van der Waals surface area contributed by atoms with Gasteiger partial charge in [0.25, 0.3) is 5.69 Å². The molecule has 10 nitrogen and oxygen atoms in total. The Bertz CT molecular complexity index is 734. The molecule has 0 radical (unpaired) electrons. The molecule has 0 heterocycles. The predicted molar refractivity (Wildman–Crippen MR) is 96.9 cm³/mol. The first-order valence-electron chi connectivity index (χ1n) is 8.24. The number of hydrogen-bond acceptors (Lipinski definition) is 6. The van der Waals surface area contributed by atoms with Crippen molar-refractivity contribution in [2.45, 2.75) is 39.3 Å². The van der Waals surface area contributed by atoms with Crippen LogP contribution in [0.5, 0.6) is 5.75 Å². The van der Waals surface area contributed by atoms with Crippen LogP contribution >= 0.6 is 0 Å². The zero-order valence-corrected chi connectivity index (χ0v) is 15.6. The molecule has 0 aliphatic heterocycles. The van der Waals surface area contributed by atoms with E-state index in [0.717, 1.165) is 0 Å². The van der Waals surface area contributed by atoms with E-state index in [4.69, 9.17) is 10.5 Å². The van der Waals surface area contributed by atoms with Crippen LogP contribution in [0.25, 0.3) is 0 Å². The number of methoxy groups -OCH3 is 1. The maximum atomic E-state index is 12.5. The molecule has 0 unspecified atom stereocenters. The summed E-state index contributed by atoms with van der Waals surface area (Å²) >= 11 is 0. The van der Waals surface area contributed by atoms with Gasteiger partial charge in [0.15, 0.2) is 0 Å². The summed E-state index contributed by atoms with van der Waals surface area (Å²) in [6, 6.07) is 1.95. The molecule has 10 heteroatoms. The van der Waals surface area contributed by atoms with Crippen LogP contribution in [0.4, 0.5) is 5.69 Å². The topological polar surface area (TPSA) is 154 Å². The third-order valence-electron chi connectivity index (χ3n) is 3.87. The minimum absolute atomic E-state index is 0.100. The molecule has 0 aliphatic carbocycles. The van der Waals surface area contributed by atoms with Gasteiger partial charge in [-0.25, -0.2) is 0 Å². The Morgan fingerprint density at radius 1 is 1.26 bits per heavy atom. The fourth-order valence-electron chi connectivity index (χ4n) is 2.50. The van der Waals surface area contributed by atoms with Gasteiger partial charge >= 0.3 is 0 Å². The molecule has 0 bridgehead atoms. The van der Waals surface area contributed by atoms with Crippen LogP contribution in [0.1, 0.15) is 26.3 Å². The highest BCUT2D eigenvalue weighted by molar-refractivity contribution is 5.91. The van der Waals surface area contributed by atoms with Crippen molar-refractivity contribution in [3.63, 3.8) is 0 Å². The summed E-state index contributed by atoms with van der Waals surface area (Å²) in [6.07, 6.45) is -0.100. The van der Waals surface area contributed by atoms with Crippen LogP contribution in [0, 0.1) is 16.0 Å². The average molecular weight is 380 g/mol. The Kier molecular flexibility index (Phi) is 7.70. The molecule has 148 valence electrons. The molecule has 3 amide bonds. The van der Waals surface area contributed by atoms with E-state index in [0.29, 0.717) is 11.3 Å². The number of nitrogens with one attached hydrogen (secondary N) is 2. The zero-order valence-electron chi connectivity index (χ0n) is 15.6. The lowest BCUT2D eigenvalue weighted by molar-refractivity contribution is -0.384. The van der Waals surface area contributed by atoms with Crippen molar-refractivity contribution in [3.05, 3.63) is 33.9 Å². The predicted octanol–water partition coefficient (Wildman–Crippen LogP) is 0.277. The van der Waals surface area contributed by atoms with E-state index in [1.807, 2.05) is 0 Å². The fourth-order valence-corrected chi connectivity index (χ4v) is 2.50. The first kappa shape index (κ1) is 21.9. The van der Waals surface area contributed by atoms with Gasteiger partial charge in [-0.05, 0) is 12.0 Å². The third kappa shape index (κ3) is 6.24. The molecule has 1 rings (SSSR count). The van der Waals surface area contributed by atoms with Crippen LogP contribution in [-0.2, 0) is 20.8 Å². The summed E-state index contributed by atoms with van der Waals surface area (Å²) in [4.78, 5) is 46.0. The number of carbonyl (C=O) groups is 3. The van der Waals surface area contributed by atoms with Gasteiger partial charge in [-0.15, -0.1) is 0 Å². The van der Waals surface area contributed by atoms with Crippen molar-refractivity contribution in [2.24, 2.45) is 11.7 Å². The summed E-state index contributed by atoms with van der Waals surface area (Å²) < 4.78 is 5.16. The summed E-state index contributed by atoms with van der Waals surface area (Å²) in [5.41, 5.74) is 5.55. The molecule has 1 aromatic carbocycles. The lowest BCUT2D eigenvalue weighted by Gasteiger charge is -2.24. The van der Waals surface area contributed by atoms with Crippen LogP contribution < -0.4 is 21.1 Å². The number of benzene rings is 1. The van der Waals surface area contributed by atoms with Crippen molar-refractivity contribution in [3.8, 4) is 5.75 Å². The first-order valence-corrected chi connectivity index (χ1v) is 8.24. The van der Waals surface area contributed by atoms with Crippen LogP contribution in [0.15, 0.2) is 18.2 Å². The largest absolute Gasteiger partial charge is 0.496 e. The Hall–Kier alpha value is -3.17. The van der Waals surface area contributed by atoms with Crippen molar-refractivity contribution in [2.75, 3.05) is 7.11 Å². The van der Waals surface area contributed by atoms with Gasteiger partial charge in [-0.3, -0.25) is 24.5 Å². The normalized spacial score (nSPS) is 12.8. The number of rotatable bonds is 9. The SMILES string of the molecule is COc1ccc([N+](=O)[O-])cc1C[C@H](NC(=O)[C@H](NC(C)=O)C(C)C)C(N)=O. The van der Waals surface area contributed by atoms with Gasteiger partial charge in [-0.1, -0.05) is 13.8 Å². The number of nitro benzene ring substituents is 1. The molecule has 27 heavy (non-hydrogen) atoms. The number of amides is 3. The molecule has 0 aromatic heterocycles. The van der Waals surface area contributed by atoms with Crippen molar-refractivity contribution in [1.82, 2.24) is 10.6 Å². The number of non-ortho nitro benzene ring substituents is 1. The summed E-state index contributed by atoms with van der Waals surface area (Å²) in [7, 11) is 1.38. The average Bonchev–Trinajstić information content (AvgIpc) is 2.58. The van der Waals surface area contributed by atoms with E-state index in [1.165, 1.54) is 32.2 Å². The fraction of sp³-hybridized carbons (Fsp3) is 0.471. The van der Waals surface area contributed by atoms with Crippen LogP contribution in [0.2, 0.25) is 0 Å². The van der Waals surface area contributed by atoms with E-state index in [9.17, 15) is 24.5 Å². The number of carbonyl (C=O) groups excluding carboxylic acids is 3. The lowest BCUT2D eigenvalue weighted by Crippen LogP contribution is -2.55. The Labute approximate surface area is 156 Å². The third-order valence-corrected chi connectivity index (χ3v) is 3.87. The molecule has 2 atom stereocenters. The number of nitrogens with two attached hydrogens (primary N) is 1. The van der Waals surface area contributed by atoms with E-state index < -0.39 is 28.8 Å². The highest BCUT2D eigenvalue weighted by atomic mass is 16.6. The van der Waals surface area contributed by atoms with Crippen LogP contribution in [0.3, 0.4) is 0 Å². The van der Waals surface area contributed by atoms with Crippen LogP contribution in [-0.4, -0.2) is 41.8 Å². The summed E-state index contributed by atoms with van der Waals surface area (Å²) in [5.74, 6) is -1.69. The van der Waals surface area contributed by atoms with E-state index >= 15 is 0 Å². The van der Waals surface area contributed by atoms with Crippen molar-refractivity contribution < 1.29 is 24.0 Å². The number of ether oxygens (including phenoxy) is 1. The smallest absolute Gasteiger partial charge is 0.269 e. The minimum atomic E-state index is -1.14. The minimum Gasteiger partial charge on any atom is -0.496 e. The molecule has 1 aromatic rings. The molecule has 0 aliphatic rings. The van der Waals surface area contributed by atoms with Gasteiger partial charge in [0.1, 0.15) is 17.8 Å². The molecular weight excluding hydrogens is 356 g/mol. The maximum absolute atomic E-state index is 12.5. The monoisotopic (exact) mass is 380 g/mol. The zero-order chi connectivity index (χ0) is 20.7. The highest BCUT2D eigenvalue weighted by Crippen LogP contribution is 2.25. The number of primary amides is 1. The summed E-state index contributed by atoms with van der Waals surface area (Å²) in [6.45, 7) is 4.76. The molecule has 4 N–H and O–H groups in total. The Balaban J connectivity index is 3.08. The van der Waals surface area contributed by atoms with E-state index in [1.54, 1.807) is 13.8 Å². The van der Waals surface area contributed by atoms with Gasteiger partial charge in [0.05, 0.1) is 12.0 Å². The lowest BCUT2D eigenvalue weighted by atomic mass is 10.0. The molecule has 0 saturated carbocycles. The highest BCUT2D eigenvalue weighted by Gasteiger charge is 2.28. The first-order chi connectivity index (χ1) is 12.6. The quantitative estimate of drug-likeness (QED) is 0.413.